The van der Waals surface area contributed by atoms with Crippen LogP contribution in [0.1, 0.15) is 12.8 Å². The van der Waals surface area contributed by atoms with Crippen molar-refractivity contribution < 1.29 is 14.3 Å². The molecule has 0 radical (unpaired) electrons. The number of carboxylic acids is 1. The van der Waals surface area contributed by atoms with E-state index in [1.54, 1.807) is 12.1 Å². The second-order valence-corrected chi connectivity index (χ2v) is 3.70. The molecule has 0 unspecified atom stereocenters. The molecule has 0 bridgehead atoms. The van der Waals surface area contributed by atoms with Crippen LogP contribution in [0.25, 0.3) is 11.6 Å². The zero-order chi connectivity index (χ0) is 12.3. The van der Waals surface area contributed by atoms with Crippen molar-refractivity contribution in [1.29, 1.82) is 0 Å². The zero-order valence-electron chi connectivity index (χ0n) is 8.71. The topological polar surface area (TPSA) is 94.0 Å². The van der Waals surface area contributed by atoms with E-state index < -0.39 is 5.97 Å². The summed E-state index contributed by atoms with van der Waals surface area (Å²) >= 11 is 5.65. The number of hydrogen-bond acceptors (Lipinski definition) is 5. The van der Waals surface area contributed by atoms with E-state index in [1.807, 2.05) is 0 Å². The van der Waals surface area contributed by atoms with Crippen LogP contribution in [-0.2, 0) is 11.3 Å². The Morgan fingerprint density at radius 3 is 3.00 bits per heavy atom. The molecular formula is C9H9ClN4O3. The van der Waals surface area contributed by atoms with Gasteiger partial charge in [0.1, 0.15) is 0 Å². The highest BCUT2D eigenvalue weighted by Crippen LogP contribution is 2.22. The van der Waals surface area contributed by atoms with Gasteiger partial charge in [0.2, 0.25) is 5.82 Å². The summed E-state index contributed by atoms with van der Waals surface area (Å²) in [4.78, 5) is 10.4. The Balaban J connectivity index is 2.09. The number of tetrazole rings is 1. The maximum Gasteiger partial charge on any atom is 0.303 e. The molecule has 0 saturated heterocycles. The number of rotatable bonds is 5. The Labute approximate surface area is 101 Å². The fourth-order valence-electron chi connectivity index (χ4n) is 1.35. The highest BCUT2D eigenvalue weighted by molar-refractivity contribution is 6.28. The number of aromatic nitrogens is 4. The van der Waals surface area contributed by atoms with Gasteiger partial charge in [-0.2, -0.15) is 0 Å². The Morgan fingerprint density at radius 1 is 1.53 bits per heavy atom. The van der Waals surface area contributed by atoms with Crippen molar-refractivity contribution in [1.82, 2.24) is 20.2 Å². The van der Waals surface area contributed by atoms with Crippen LogP contribution < -0.4 is 0 Å². The monoisotopic (exact) mass is 256 g/mol. The van der Waals surface area contributed by atoms with Crippen LogP contribution in [0.3, 0.4) is 0 Å². The van der Waals surface area contributed by atoms with Crippen molar-refractivity contribution in [3.8, 4) is 11.6 Å². The molecule has 7 nitrogen and oxygen atoms in total. The van der Waals surface area contributed by atoms with E-state index in [1.165, 1.54) is 4.68 Å². The van der Waals surface area contributed by atoms with E-state index in [0.717, 1.165) is 0 Å². The molecule has 0 aliphatic carbocycles. The van der Waals surface area contributed by atoms with Crippen LogP contribution in [-0.4, -0.2) is 31.3 Å². The predicted octanol–water partition coefficient (Wildman–Crippen LogP) is 1.45. The molecule has 8 heteroatoms. The average Bonchev–Trinajstić information content (AvgIpc) is 2.86. The van der Waals surface area contributed by atoms with Gasteiger partial charge in [0.25, 0.3) is 0 Å². The average molecular weight is 257 g/mol. The first kappa shape index (κ1) is 11.6. The number of furan rings is 1. The van der Waals surface area contributed by atoms with Crippen molar-refractivity contribution in [2.24, 2.45) is 0 Å². The van der Waals surface area contributed by atoms with Crippen molar-refractivity contribution in [2.75, 3.05) is 0 Å². The smallest absolute Gasteiger partial charge is 0.303 e. The van der Waals surface area contributed by atoms with Gasteiger partial charge < -0.3 is 9.52 Å². The first-order valence-electron chi connectivity index (χ1n) is 4.90. The summed E-state index contributed by atoms with van der Waals surface area (Å²) < 4.78 is 6.67. The standard InChI is InChI=1S/C9H9ClN4O3/c10-7-4-3-6(17-7)9-11-12-13-14(9)5-1-2-8(15)16/h3-4H,1-2,5H2,(H,15,16). The van der Waals surface area contributed by atoms with E-state index in [4.69, 9.17) is 21.1 Å². The molecule has 0 saturated carbocycles. The van der Waals surface area contributed by atoms with E-state index in [0.29, 0.717) is 24.6 Å². The van der Waals surface area contributed by atoms with Gasteiger partial charge in [-0.25, -0.2) is 4.68 Å². The fourth-order valence-corrected chi connectivity index (χ4v) is 1.49. The molecule has 2 aromatic heterocycles. The van der Waals surface area contributed by atoms with Gasteiger partial charge in [-0.3, -0.25) is 4.79 Å². The molecule has 0 fully saturated rings. The van der Waals surface area contributed by atoms with Gasteiger partial charge >= 0.3 is 5.97 Å². The lowest BCUT2D eigenvalue weighted by molar-refractivity contribution is -0.137. The second-order valence-electron chi connectivity index (χ2n) is 3.33. The highest BCUT2D eigenvalue weighted by atomic mass is 35.5. The Hall–Kier alpha value is -1.89. The van der Waals surface area contributed by atoms with Gasteiger partial charge in [-0.1, -0.05) is 0 Å². The molecule has 1 N–H and O–H groups in total. The third kappa shape index (κ3) is 2.82. The van der Waals surface area contributed by atoms with Gasteiger partial charge in [0, 0.05) is 13.0 Å². The van der Waals surface area contributed by atoms with E-state index >= 15 is 0 Å². The maximum absolute atomic E-state index is 10.4. The molecule has 90 valence electrons. The molecule has 2 aromatic rings. The maximum atomic E-state index is 10.4. The van der Waals surface area contributed by atoms with Gasteiger partial charge in [0.15, 0.2) is 11.0 Å². The number of carbonyl (C=O) groups is 1. The summed E-state index contributed by atoms with van der Waals surface area (Å²) in [7, 11) is 0. The predicted molar refractivity (Wildman–Crippen MR) is 57.4 cm³/mol. The van der Waals surface area contributed by atoms with Gasteiger partial charge in [-0.05, 0) is 40.6 Å². The van der Waals surface area contributed by atoms with Crippen LogP contribution in [0.5, 0.6) is 0 Å². The van der Waals surface area contributed by atoms with E-state index in [-0.39, 0.29) is 11.6 Å². The molecule has 0 aliphatic rings. The summed E-state index contributed by atoms with van der Waals surface area (Å²) in [6.45, 7) is 0.410. The number of carboxylic acid groups (broad SMARTS) is 1. The summed E-state index contributed by atoms with van der Waals surface area (Å²) in [5.74, 6) is 0.0401. The first-order chi connectivity index (χ1) is 8.16. The number of aryl methyl sites for hydroxylation is 1. The minimum absolute atomic E-state index is 0.0677. The number of aliphatic carboxylic acids is 1. The largest absolute Gasteiger partial charge is 0.481 e. The number of nitrogens with zero attached hydrogens (tertiary/aromatic N) is 4. The lowest BCUT2D eigenvalue weighted by Gasteiger charge is -2.00. The minimum Gasteiger partial charge on any atom is -0.481 e. The molecular weight excluding hydrogens is 248 g/mol. The molecule has 0 atom stereocenters. The molecule has 2 rings (SSSR count). The highest BCUT2D eigenvalue weighted by Gasteiger charge is 2.12. The van der Waals surface area contributed by atoms with Crippen molar-refractivity contribution in [3.63, 3.8) is 0 Å². The molecule has 17 heavy (non-hydrogen) atoms. The fraction of sp³-hybridized carbons (Fsp3) is 0.333. The summed E-state index contributed by atoms with van der Waals surface area (Å²) in [6, 6.07) is 3.24. The quantitative estimate of drug-likeness (QED) is 0.870. The van der Waals surface area contributed by atoms with Crippen molar-refractivity contribution in [3.05, 3.63) is 17.4 Å². The van der Waals surface area contributed by atoms with Crippen LogP contribution in [0.4, 0.5) is 0 Å². The number of halogens is 1. The van der Waals surface area contributed by atoms with Crippen LogP contribution >= 0.6 is 11.6 Å². The summed E-state index contributed by atoms with van der Waals surface area (Å²) in [5, 5.41) is 19.9. The first-order valence-corrected chi connectivity index (χ1v) is 5.28. The lowest BCUT2D eigenvalue weighted by atomic mass is 10.3. The molecule has 0 amide bonds. The third-order valence-corrected chi connectivity index (χ3v) is 2.29. The SMILES string of the molecule is O=C(O)CCCn1nnnc1-c1ccc(Cl)o1. The van der Waals surface area contributed by atoms with Gasteiger partial charge in [-0.15, -0.1) is 5.10 Å². The normalized spacial score (nSPS) is 10.6. The van der Waals surface area contributed by atoms with Crippen LogP contribution in [0, 0.1) is 0 Å². The van der Waals surface area contributed by atoms with E-state index in [9.17, 15) is 4.79 Å². The van der Waals surface area contributed by atoms with Crippen LogP contribution in [0.2, 0.25) is 5.22 Å². The Kier molecular flexibility index (Phi) is 3.38. The van der Waals surface area contributed by atoms with Crippen molar-refractivity contribution in [2.45, 2.75) is 19.4 Å². The molecule has 0 aliphatic heterocycles. The Bertz CT molecular complexity index is 522. The van der Waals surface area contributed by atoms with Crippen molar-refractivity contribution >= 4 is 17.6 Å². The third-order valence-electron chi connectivity index (χ3n) is 2.09. The Morgan fingerprint density at radius 2 is 2.35 bits per heavy atom. The van der Waals surface area contributed by atoms with E-state index in [2.05, 4.69) is 15.5 Å². The molecule has 0 aromatic carbocycles. The molecule has 2 heterocycles. The van der Waals surface area contributed by atoms with Crippen LogP contribution in [0.15, 0.2) is 16.5 Å². The second kappa shape index (κ2) is 4.96. The molecule has 0 spiro atoms. The lowest BCUT2D eigenvalue weighted by Crippen LogP contribution is -2.05. The van der Waals surface area contributed by atoms with Gasteiger partial charge in [0.05, 0.1) is 0 Å². The summed E-state index contributed by atoms with van der Waals surface area (Å²) in [6.07, 6.45) is 0.514. The minimum atomic E-state index is -0.847. The number of hydrogen-bond donors (Lipinski definition) is 1. The zero-order valence-corrected chi connectivity index (χ0v) is 9.46. The summed E-state index contributed by atoms with van der Waals surface area (Å²) in [5.41, 5.74) is 0.